The maximum atomic E-state index is 13.8. The minimum Gasteiger partial charge on any atom is -0.453 e. The standard InChI is InChI=1S/C37H35N7O3/c1-47-37(46)43-28-14-13-24-3-2-4-25-16-31(44(33(24)25)36(28)45)34-39-18-29(41-34)22-9-5-20(6-10-22)21-7-11-23(12-8-21)30-19-40-35(42-30)32-27-15-26(27)17-38-32/h2-12,18-19,26-28,31-32,38H,13-17H2,1H3,(H,39,41)(H,40,42)(H,43,46)/t26?,27?,28-,31-,32?/m0/s1. The number of carbonyl (C=O) groups is 2. The van der Waals surface area contributed by atoms with E-state index in [0.717, 1.165) is 80.5 Å². The van der Waals surface area contributed by atoms with E-state index >= 15 is 0 Å². The number of aromatic amines is 2. The summed E-state index contributed by atoms with van der Waals surface area (Å²) in [6, 6.07) is 22.6. The van der Waals surface area contributed by atoms with Gasteiger partial charge in [0.25, 0.3) is 0 Å². The molecule has 5 atom stereocenters. The molecule has 1 saturated heterocycles. The molecule has 1 aliphatic carbocycles. The molecule has 5 heterocycles. The summed E-state index contributed by atoms with van der Waals surface area (Å²) in [5, 5.41) is 6.33. The summed E-state index contributed by atoms with van der Waals surface area (Å²) in [4.78, 5) is 44.2. The molecule has 2 fully saturated rings. The third-order valence-electron chi connectivity index (χ3n) is 10.4. The molecule has 10 heteroatoms. The van der Waals surface area contributed by atoms with Crippen LogP contribution >= 0.6 is 0 Å². The number of anilines is 1. The molecular weight excluding hydrogens is 590 g/mol. The number of imidazole rings is 2. The number of benzene rings is 3. The van der Waals surface area contributed by atoms with Crippen molar-refractivity contribution >= 4 is 17.7 Å². The van der Waals surface area contributed by atoms with E-state index in [1.165, 1.54) is 13.5 Å². The third kappa shape index (κ3) is 4.82. The molecule has 4 aliphatic rings. The maximum Gasteiger partial charge on any atom is 0.407 e. The highest BCUT2D eigenvalue weighted by atomic mass is 16.5. The number of aryl methyl sites for hydroxylation is 1. The number of alkyl carbamates (subject to hydrolysis) is 1. The molecule has 0 spiro atoms. The number of hydrogen-bond donors (Lipinski definition) is 4. The van der Waals surface area contributed by atoms with Crippen LogP contribution in [0.5, 0.6) is 0 Å². The van der Waals surface area contributed by atoms with Crippen molar-refractivity contribution in [3.05, 3.63) is 102 Å². The lowest BCUT2D eigenvalue weighted by Gasteiger charge is -2.27. The number of H-pyrrole nitrogens is 2. The summed E-state index contributed by atoms with van der Waals surface area (Å²) in [5.74, 6) is 3.19. The van der Waals surface area contributed by atoms with E-state index in [-0.39, 0.29) is 11.9 Å². The monoisotopic (exact) mass is 625 g/mol. The van der Waals surface area contributed by atoms with Crippen LogP contribution in [-0.2, 0) is 22.4 Å². The van der Waals surface area contributed by atoms with Crippen molar-refractivity contribution < 1.29 is 14.3 Å². The number of fused-ring (bicyclic) bond motifs is 1. The molecule has 10 nitrogen and oxygen atoms in total. The fraction of sp³-hybridized carbons (Fsp3) is 0.297. The molecule has 3 aliphatic heterocycles. The number of rotatable bonds is 6. The minimum absolute atomic E-state index is 0.146. The van der Waals surface area contributed by atoms with Gasteiger partial charge in [-0.3, -0.25) is 9.69 Å². The summed E-state index contributed by atoms with van der Waals surface area (Å²) >= 11 is 0. The highest BCUT2D eigenvalue weighted by molar-refractivity contribution is 6.02. The molecule has 0 bridgehead atoms. The Labute approximate surface area is 272 Å². The van der Waals surface area contributed by atoms with Gasteiger partial charge in [-0.1, -0.05) is 66.7 Å². The van der Waals surface area contributed by atoms with Gasteiger partial charge in [0, 0.05) is 6.42 Å². The number of ether oxygens (including phenoxy) is 1. The van der Waals surface area contributed by atoms with Crippen LogP contribution in [0, 0.1) is 11.8 Å². The molecule has 2 amide bonds. The van der Waals surface area contributed by atoms with Crippen molar-refractivity contribution in [1.82, 2.24) is 30.6 Å². The number of nitrogens with zero attached hydrogens (tertiary/aromatic N) is 3. The Bertz CT molecular complexity index is 2000. The Kier molecular flexibility index (Phi) is 6.53. The SMILES string of the molecule is COC(=O)N[C@H]1CCc2cccc3c2N(C1=O)[C@H](c1ncc(-c2ccc(-c4ccc(-c5cnc(C6NCC7CC76)[nH]5)cc4)cc2)[nH]1)C3. The van der Waals surface area contributed by atoms with Crippen molar-refractivity contribution in [2.75, 3.05) is 18.6 Å². The summed E-state index contributed by atoms with van der Waals surface area (Å²) in [7, 11) is 1.31. The van der Waals surface area contributed by atoms with Crippen LogP contribution in [0.1, 0.15) is 47.7 Å². The Morgan fingerprint density at radius 3 is 2.15 bits per heavy atom. The van der Waals surface area contributed by atoms with Gasteiger partial charge < -0.3 is 25.3 Å². The van der Waals surface area contributed by atoms with Crippen molar-refractivity contribution in [1.29, 1.82) is 0 Å². The predicted octanol–water partition coefficient (Wildman–Crippen LogP) is 5.72. The highest BCUT2D eigenvalue weighted by Gasteiger charge is 2.49. The fourth-order valence-electron chi connectivity index (χ4n) is 7.81. The van der Waals surface area contributed by atoms with E-state index in [1.807, 2.05) is 23.4 Å². The first-order chi connectivity index (χ1) is 23.0. The number of hydrogen-bond acceptors (Lipinski definition) is 6. The maximum absolute atomic E-state index is 13.8. The van der Waals surface area contributed by atoms with Crippen molar-refractivity contribution in [2.24, 2.45) is 11.8 Å². The average molecular weight is 626 g/mol. The topological polar surface area (TPSA) is 128 Å². The third-order valence-corrected chi connectivity index (χ3v) is 10.4. The molecule has 47 heavy (non-hydrogen) atoms. The zero-order chi connectivity index (χ0) is 31.6. The van der Waals surface area contributed by atoms with Crippen molar-refractivity contribution in [3.63, 3.8) is 0 Å². The van der Waals surface area contributed by atoms with E-state index in [4.69, 9.17) is 9.72 Å². The minimum atomic E-state index is -0.670. The molecule has 5 aromatic rings. The molecule has 0 radical (unpaired) electrons. The Hall–Kier alpha value is -5.22. The Balaban J connectivity index is 0.926. The van der Waals surface area contributed by atoms with Gasteiger partial charge in [0.1, 0.15) is 17.7 Å². The van der Waals surface area contributed by atoms with Gasteiger partial charge in [-0.15, -0.1) is 0 Å². The largest absolute Gasteiger partial charge is 0.453 e. The van der Waals surface area contributed by atoms with Crippen molar-refractivity contribution in [2.45, 2.75) is 43.8 Å². The number of carbonyl (C=O) groups excluding carboxylic acids is 2. The van der Waals surface area contributed by atoms with E-state index in [0.29, 0.717) is 25.3 Å². The van der Waals surface area contributed by atoms with Crippen LogP contribution in [0.2, 0.25) is 0 Å². The number of amides is 2. The van der Waals surface area contributed by atoms with Crippen LogP contribution in [0.15, 0.2) is 79.1 Å². The van der Waals surface area contributed by atoms with E-state index < -0.39 is 12.1 Å². The molecule has 3 aromatic carbocycles. The predicted molar refractivity (Wildman–Crippen MR) is 177 cm³/mol. The second-order valence-corrected chi connectivity index (χ2v) is 13.1. The Morgan fingerprint density at radius 1 is 0.872 bits per heavy atom. The van der Waals surface area contributed by atoms with E-state index in [9.17, 15) is 9.59 Å². The van der Waals surface area contributed by atoms with Crippen LogP contribution in [0.3, 0.4) is 0 Å². The Morgan fingerprint density at radius 2 is 1.51 bits per heavy atom. The fourth-order valence-corrected chi connectivity index (χ4v) is 7.81. The lowest BCUT2D eigenvalue weighted by molar-refractivity contribution is -0.121. The van der Waals surface area contributed by atoms with Crippen LogP contribution in [0.4, 0.5) is 10.5 Å². The molecule has 236 valence electrons. The second-order valence-electron chi connectivity index (χ2n) is 13.1. The zero-order valence-corrected chi connectivity index (χ0v) is 26.0. The summed E-state index contributed by atoms with van der Waals surface area (Å²) in [5.41, 5.74) is 9.48. The van der Waals surface area contributed by atoms with Crippen LogP contribution in [-0.4, -0.2) is 51.6 Å². The van der Waals surface area contributed by atoms with Gasteiger partial charge in [0.05, 0.1) is 48.7 Å². The van der Waals surface area contributed by atoms with Gasteiger partial charge in [-0.2, -0.15) is 0 Å². The average Bonchev–Trinajstić information content (AvgIpc) is 3.56. The summed E-state index contributed by atoms with van der Waals surface area (Å²) < 4.78 is 4.80. The highest BCUT2D eigenvalue weighted by Crippen LogP contribution is 2.51. The van der Waals surface area contributed by atoms with Crippen LogP contribution < -0.4 is 15.5 Å². The summed E-state index contributed by atoms with van der Waals surface area (Å²) in [6.07, 6.45) is 6.33. The first-order valence-electron chi connectivity index (χ1n) is 16.4. The second kappa shape index (κ2) is 10.9. The molecule has 1 saturated carbocycles. The number of methoxy groups -OCH3 is 1. The first kappa shape index (κ1) is 28.0. The smallest absolute Gasteiger partial charge is 0.407 e. The van der Waals surface area contributed by atoms with Gasteiger partial charge in [0.15, 0.2) is 0 Å². The molecule has 3 unspecified atom stereocenters. The van der Waals surface area contributed by atoms with Gasteiger partial charge in [-0.05, 0) is 71.0 Å². The molecule has 9 rings (SSSR count). The first-order valence-corrected chi connectivity index (χ1v) is 16.4. The van der Waals surface area contributed by atoms with Gasteiger partial charge in [0.2, 0.25) is 5.91 Å². The van der Waals surface area contributed by atoms with E-state index in [1.54, 1.807) is 0 Å². The molecule has 4 N–H and O–H groups in total. The molecular formula is C37H35N7O3. The zero-order valence-electron chi connectivity index (χ0n) is 26.0. The number of nitrogens with one attached hydrogen (secondary N) is 4. The van der Waals surface area contributed by atoms with Crippen molar-refractivity contribution in [3.8, 4) is 33.6 Å². The van der Waals surface area contributed by atoms with Crippen LogP contribution in [0.25, 0.3) is 33.6 Å². The lowest BCUT2D eigenvalue weighted by atomic mass is 10.0. The van der Waals surface area contributed by atoms with Gasteiger partial charge in [-0.25, -0.2) is 14.8 Å². The normalized spacial score (nSPS) is 24.1. The number of aromatic nitrogens is 4. The lowest BCUT2D eigenvalue weighted by Crippen LogP contribution is -2.48. The van der Waals surface area contributed by atoms with E-state index in [2.05, 4.69) is 86.2 Å². The molecule has 2 aromatic heterocycles. The quantitative estimate of drug-likeness (QED) is 0.191. The number of para-hydroxylation sites is 1. The van der Waals surface area contributed by atoms with Gasteiger partial charge >= 0.3 is 6.09 Å². The summed E-state index contributed by atoms with van der Waals surface area (Å²) in [6.45, 7) is 1.11. The number of piperidine rings is 1.